The van der Waals surface area contributed by atoms with Gasteiger partial charge in [0.15, 0.2) is 5.78 Å². The van der Waals surface area contributed by atoms with Gasteiger partial charge in [-0.15, -0.1) is 0 Å². The zero-order valence-corrected chi connectivity index (χ0v) is 15.2. The molecule has 142 valence electrons. The predicted molar refractivity (Wildman–Crippen MR) is 99.7 cm³/mol. The van der Waals surface area contributed by atoms with Crippen molar-refractivity contribution in [2.24, 2.45) is 5.92 Å². The van der Waals surface area contributed by atoms with E-state index in [1.54, 1.807) is 11.9 Å². The van der Waals surface area contributed by atoms with Crippen LogP contribution in [0, 0.1) is 17.6 Å². The molecular weight excluding hydrogens is 350 g/mol. The topological polar surface area (TPSA) is 40.6 Å². The second kappa shape index (κ2) is 8.39. The summed E-state index contributed by atoms with van der Waals surface area (Å²) in [5.74, 6) is -2.26. The molecule has 0 saturated carbocycles. The number of piperidine rings is 1. The number of hydrogen-bond acceptors (Lipinski definition) is 3. The largest absolute Gasteiger partial charge is 0.314 e. The van der Waals surface area contributed by atoms with Crippen LogP contribution in [0.25, 0.3) is 0 Å². The molecular formula is C21H22F2N2O2. The van der Waals surface area contributed by atoms with Crippen molar-refractivity contribution in [3.05, 3.63) is 65.7 Å². The molecule has 1 aliphatic heterocycles. The van der Waals surface area contributed by atoms with Gasteiger partial charge in [-0.05, 0) is 49.7 Å². The van der Waals surface area contributed by atoms with Crippen molar-refractivity contribution >= 4 is 17.4 Å². The fourth-order valence-corrected chi connectivity index (χ4v) is 3.41. The Morgan fingerprint density at radius 3 is 2.63 bits per heavy atom. The third kappa shape index (κ3) is 4.57. The molecule has 0 bridgehead atoms. The number of hydrogen-bond donors (Lipinski definition) is 0. The van der Waals surface area contributed by atoms with Crippen molar-refractivity contribution in [2.75, 3.05) is 31.6 Å². The third-order valence-corrected chi connectivity index (χ3v) is 4.95. The highest BCUT2D eigenvalue weighted by Crippen LogP contribution is 2.23. The van der Waals surface area contributed by atoms with Gasteiger partial charge in [0.05, 0.1) is 12.1 Å². The minimum absolute atomic E-state index is 0.0776. The molecule has 0 aliphatic carbocycles. The average molecular weight is 372 g/mol. The zero-order chi connectivity index (χ0) is 19.4. The Labute approximate surface area is 157 Å². The lowest BCUT2D eigenvalue weighted by molar-refractivity contribution is -0.119. The van der Waals surface area contributed by atoms with Crippen LogP contribution in [0.5, 0.6) is 0 Å². The van der Waals surface area contributed by atoms with E-state index in [0.29, 0.717) is 19.5 Å². The van der Waals surface area contributed by atoms with Crippen LogP contribution in [0.4, 0.5) is 14.5 Å². The van der Waals surface area contributed by atoms with E-state index < -0.39 is 23.3 Å². The quantitative estimate of drug-likeness (QED) is 0.754. The van der Waals surface area contributed by atoms with Crippen molar-refractivity contribution in [2.45, 2.75) is 12.8 Å². The minimum Gasteiger partial charge on any atom is -0.314 e. The van der Waals surface area contributed by atoms with Crippen LogP contribution in [0.2, 0.25) is 0 Å². The van der Waals surface area contributed by atoms with Gasteiger partial charge in [0, 0.05) is 25.2 Å². The van der Waals surface area contributed by atoms with Gasteiger partial charge >= 0.3 is 0 Å². The summed E-state index contributed by atoms with van der Waals surface area (Å²) in [4.78, 5) is 28.7. The molecule has 0 radical (unpaired) electrons. The number of amides is 1. The van der Waals surface area contributed by atoms with Crippen molar-refractivity contribution in [1.29, 1.82) is 0 Å². The standard InChI is InChI=1S/C21H22F2N2O2/c1-24(17-7-3-2-4-8-17)20(26)14-25-11-5-6-15(13-25)21(27)18-12-16(22)9-10-19(18)23/h2-4,7-10,12,15H,5-6,11,13-14H2,1H3. The van der Waals surface area contributed by atoms with Crippen molar-refractivity contribution < 1.29 is 18.4 Å². The number of carbonyl (C=O) groups excluding carboxylic acids is 2. The van der Waals surface area contributed by atoms with Crippen molar-refractivity contribution in [3.63, 3.8) is 0 Å². The summed E-state index contributed by atoms with van der Waals surface area (Å²) in [6.07, 6.45) is 1.34. The maximum Gasteiger partial charge on any atom is 0.240 e. The fraction of sp³-hybridized carbons (Fsp3) is 0.333. The summed E-state index contributed by atoms with van der Waals surface area (Å²) >= 11 is 0. The number of para-hydroxylation sites is 1. The van der Waals surface area contributed by atoms with E-state index in [4.69, 9.17) is 0 Å². The number of anilines is 1. The third-order valence-electron chi connectivity index (χ3n) is 4.95. The Kier molecular flexibility index (Phi) is 5.96. The number of likely N-dealkylation sites (N-methyl/N-ethyl adjacent to an activating group) is 1. The van der Waals surface area contributed by atoms with Gasteiger partial charge in [0.2, 0.25) is 5.91 Å². The predicted octanol–water partition coefficient (Wildman–Crippen LogP) is 3.52. The monoisotopic (exact) mass is 372 g/mol. The van der Waals surface area contributed by atoms with E-state index in [1.807, 2.05) is 35.2 Å². The number of ketones is 1. The van der Waals surface area contributed by atoms with E-state index in [9.17, 15) is 18.4 Å². The molecule has 1 unspecified atom stereocenters. The molecule has 0 spiro atoms. The first kappa shape index (κ1) is 19.2. The lowest BCUT2D eigenvalue weighted by atomic mass is 9.89. The van der Waals surface area contributed by atoms with E-state index in [-0.39, 0.29) is 18.0 Å². The first-order chi connectivity index (χ1) is 13.0. The normalized spacial score (nSPS) is 17.5. The van der Waals surface area contributed by atoms with E-state index in [1.165, 1.54) is 0 Å². The fourth-order valence-electron chi connectivity index (χ4n) is 3.41. The van der Waals surface area contributed by atoms with Gasteiger partial charge in [0.25, 0.3) is 0 Å². The molecule has 1 amide bonds. The Bertz CT molecular complexity index is 826. The van der Waals surface area contributed by atoms with Gasteiger partial charge in [-0.25, -0.2) is 8.78 Å². The SMILES string of the molecule is CN(C(=O)CN1CCCC(C(=O)c2cc(F)ccc2F)C1)c1ccccc1. The number of benzene rings is 2. The van der Waals surface area contributed by atoms with E-state index in [2.05, 4.69) is 0 Å². The highest BCUT2D eigenvalue weighted by molar-refractivity contribution is 5.98. The van der Waals surface area contributed by atoms with Crippen LogP contribution in [-0.2, 0) is 4.79 Å². The molecule has 2 aromatic carbocycles. The number of carbonyl (C=O) groups is 2. The van der Waals surface area contributed by atoms with Crippen LogP contribution in [0.1, 0.15) is 23.2 Å². The summed E-state index contributed by atoms with van der Waals surface area (Å²) in [5, 5.41) is 0. The lowest BCUT2D eigenvalue weighted by Crippen LogP contribution is -2.44. The second-order valence-corrected chi connectivity index (χ2v) is 6.85. The second-order valence-electron chi connectivity index (χ2n) is 6.85. The summed E-state index contributed by atoms with van der Waals surface area (Å²) in [6.45, 7) is 1.24. The van der Waals surface area contributed by atoms with Crippen LogP contribution >= 0.6 is 0 Å². The summed E-state index contributed by atoms with van der Waals surface area (Å²) < 4.78 is 27.3. The Hall–Kier alpha value is -2.60. The van der Waals surface area contributed by atoms with Gasteiger partial charge < -0.3 is 4.90 Å². The molecule has 4 nitrogen and oxygen atoms in total. The molecule has 27 heavy (non-hydrogen) atoms. The van der Waals surface area contributed by atoms with Crippen molar-refractivity contribution in [3.8, 4) is 0 Å². The minimum atomic E-state index is -0.710. The number of Topliss-reactive ketones (excluding diaryl/α,β-unsaturated/α-hetero) is 1. The maximum atomic E-state index is 13.9. The number of nitrogens with zero attached hydrogens (tertiary/aromatic N) is 2. The maximum absolute atomic E-state index is 13.9. The molecule has 6 heteroatoms. The highest BCUT2D eigenvalue weighted by atomic mass is 19.1. The van der Waals surface area contributed by atoms with Crippen LogP contribution in [-0.4, -0.2) is 43.3 Å². The zero-order valence-electron chi connectivity index (χ0n) is 15.2. The molecule has 2 aromatic rings. The lowest BCUT2D eigenvalue weighted by Gasteiger charge is -2.32. The van der Waals surface area contributed by atoms with Gasteiger partial charge in [0.1, 0.15) is 11.6 Å². The Balaban J connectivity index is 1.64. The van der Waals surface area contributed by atoms with E-state index >= 15 is 0 Å². The molecule has 0 N–H and O–H groups in total. The van der Waals surface area contributed by atoms with Crippen LogP contribution in [0.15, 0.2) is 48.5 Å². The first-order valence-corrected chi connectivity index (χ1v) is 8.99. The van der Waals surface area contributed by atoms with Crippen molar-refractivity contribution in [1.82, 2.24) is 4.90 Å². The molecule has 0 aromatic heterocycles. The van der Waals surface area contributed by atoms with Crippen LogP contribution < -0.4 is 4.90 Å². The molecule has 1 heterocycles. The number of rotatable bonds is 5. The number of halogens is 2. The Morgan fingerprint density at radius 1 is 1.15 bits per heavy atom. The smallest absolute Gasteiger partial charge is 0.240 e. The van der Waals surface area contributed by atoms with E-state index in [0.717, 1.165) is 30.3 Å². The van der Waals surface area contributed by atoms with Gasteiger partial charge in [-0.1, -0.05) is 18.2 Å². The first-order valence-electron chi connectivity index (χ1n) is 8.99. The number of likely N-dealkylation sites (tertiary alicyclic amines) is 1. The molecule has 1 saturated heterocycles. The summed E-state index contributed by atoms with van der Waals surface area (Å²) in [7, 11) is 1.71. The average Bonchev–Trinajstić information content (AvgIpc) is 2.69. The highest BCUT2D eigenvalue weighted by Gasteiger charge is 2.29. The van der Waals surface area contributed by atoms with Gasteiger partial charge in [-0.2, -0.15) is 0 Å². The molecule has 1 atom stereocenters. The van der Waals surface area contributed by atoms with Gasteiger partial charge in [-0.3, -0.25) is 14.5 Å². The Morgan fingerprint density at radius 2 is 1.89 bits per heavy atom. The summed E-state index contributed by atoms with van der Waals surface area (Å²) in [5.41, 5.74) is 0.587. The molecule has 1 aliphatic rings. The molecule has 1 fully saturated rings. The van der Waals surface area contributed by atoms with Crippen LogP contribution in [0.3, 0.4) is 0 Å². The molecule has 3 rings (SSSR count). The summed E-state index contributed by atoms with van der Waals surface area (Å²) in [6, 6.07) is 12.2.